The Kier molecular flexibility index (Phi) is 6.76. The first-order chi connectivity index (χ1) is 13.2. The molecule has 0 radical (unpaired) electrons. The minimum atomic E-state index is -3.90. The van der Waals surface area contributed by atoms with Crippen molar-refractivity contribution in [2.75, 3.05) is 25.1 Å². The molecule has 2 rings (SSSR count). The number of nitrogens with zero attached hydrogens (tertiary/aromatic N) is 1. The minimum Gasteiger partial charge on any atom is -0.467 e. The van der Waals surface area contributed by atoms with Gasteiger partial charge in [-0.2, -0.15) is 0 Å². The molecule has 0 aliphatic carbocycles. The second kappa shape index (κ2) is 8.85. The third-order valence-electron chi connectivity index (χ3n) is 4.13. The van der Waals surface area contributed by atoms with Crippen LogP contribution in [0.15, 0.2) is 53.4 Å². The number of methoxy groups -OCH3 is 1. The highest BCUT2D eigenvalue weighted by atomic mass is 32.2. The van der Waals surface area contributed by atoms with Crippen LogP contribution in [0, 0.1) is 6.92 Å². The summed E-state index contributed by atoms with van der Waals surface area (Å²) in [6.45, 7) is 1.25. The lowest BCUT2D eigenvalue weighted by atomic mass is 10.2. The third-order valence-corrected chi connectivity index (χ3v) is 5.91. The number of amides is 1. The molecule has 2 aromatic carbocycles. The highest BCUT2D eigenvalue weighted by Crippen LogP contribution is 2.23. The number of ether oxygens (including phenoxy) is 1. The number of anilines is 1. The van der Waals surface area contributed by atoms with Crippen LogP contribution in [0.1, 0.15) is 15.9 Å². The van der Waals surface area contributed by atoms with Gasteiger partial charge in [-0.1, -0.05) is 23.8 Å². The summed E-state index contributed by atoms with van der Waals surface area (Å²) in [5, 5.41) is 11.5. The lowest BCUT2D eigenvalue weighted by Gasteiger charge is -2.20. The standard InChI is InChI=1S/C19H22N2O6S/c1-13-7-9-15(10-8-13)21(2)28(25,26)16-6-4-5-14(11-16)18(23)20-17(12-22)19(24)27-3/h4-11,17,22H,12H2,1-3H3,(H,20,23)/t17-/m0/s1. The Labute approximate surface area is 163 Å². The maximum absolute atomic E-state index is 12.9. The van der Waals surface area contributed by atoms with Crippen LogP contribution in [-0.2, 0) is 19.6 Å². The molecule has 9 heteroatoms. The van der Waals surface area contributed by atoms with Gasteiger partial charge in [-0.25, -0.2) is 13.2 Å². The first-order valence-corrected chi connectivity index (χ1v) is 9.80. The van der Waals surface area contributed by atoms with Gasteiger partial charge in [-0.3, -0.25) is 9.10 Å². The Morgan fingerprint density at radius 1 is 1.18 bits per heavy atom. The fraction of sp³-hybridized carbons (Fsp3) is 0.263. The summed E-state index contributed by atoms with van der Waals surface area (Å²) in [6.07, 6.45) is 0. The van der Waals surface area contributed by atoms with Crippen LogP contribution < -0.4 is 9.62 Å². The van der Waals surface area contributed by atoms with Gasteiger partial charge >= 0.3 is 5.97 Å². The van der Waals surface area contributed by atoms with E-state index in [9.17, 15) is 23.1 Å². The normalized spacial score (nSPS) is 12.1. The number of aryl methyl sites for hydroxylation is 1. The SMILES string of the molecule is COC(=O)[C@H](CO)NC(=O)c1cccc(S(=O)(=O)N(C)c2ccc(C)cc2)c1. The zero-order valence-corrected chi connectivity index (χ0v) is 16.6. The number of rotatable bonds is 7. The molecular weight excluding hydrogens is 384 g/mol. The van der Waals surface area contributed by atoms with Gasteiger partial charge in [0.1, 0.15) is 0 Å². The second-order valence-corrected chi connectivity index (χ2v) is 8.04. The fourth-order valence-corrected chi connectivity index (χ4v) is 3.65. The maximum atomic E-state index is 12.9. The average Bonchev–Trinajstić information content (AvgIpc) is 2.71. The van der Waals surface area contributed by atoms with Crippen LogP contribution in [0.4, 0.5) is 5.69 Å². The molecule has 0 aromatic heterocycles. The number of carbonyl (C=O) groups is 2. The van der Waals surface area contributed by atoms with Crippen LogP contribution in [0.25, 0.3) is 0 Å². The summed E-state index contributed by atoms with van der Waals surface area (Å²) in [4.78, 5) is 23.8. The van der Waals surface area contributed by atoms with Crippen molar-refractivity contribution in [2.24, 2.45) is 0 Å². The van der Waals surface area contributed by atoms with Crippen molar-refractivity contribution in [3.63, 3.8) is 0 Å². The molecule has 0 saturated heterocycles. The highest BCUT2D eigenvalue weighted by molar-refractivity contribution is 7.92. The summed E-state index contributed by atoms with van der Waals surface area (Å²) in [7, 11) is -1.35. The average molecular weight is 406 g/mol. The summed E-state index contributed by atoms with van der Waals surface area (Å²) >= 11 is 0. The molecular formula is C19H22N2O6S. The van der Waals surface area contributed by atoms with Gasteiger partial charge in [0, 0.05) is 12.6 Å². The van der Waals surface area contributed by atoms with Gasteiger partial charge in [0.2, 0.25) is 0 Å². The van der Waals surface area contributed by atoms with Crippen LogP contribution >= 0.6 is 0 Å². The van der Waals surface area contributed by atoms with E-state index in [2.05, 4.69) is 10.1 Å². The number of carbonyl (C=O) groups excluding carboxylic acids is 2. The number of sulfonamides is 1. The van der Waals surface area contributed by atoms with E-state index < -0.39 is 34.5 Å². The zero-order chi connectivity index (χ0) is 20.9. The van der Waals surface area contributed by atoms with Crippen LogP contribution in [0.3, 0.4) is 0 Å². The largest absolute Gasteiger partial charge is 0.467 e. The summed E-state index contributed by atoms with van der Waals surface area (Å²) in [6, 6.07) is 11.1. The Hall–Kier alpha value is -2.91. The molecule has 150 valence electrons. The van der Waals surface area contributed by atoms with E-state index >= 15 is 0 Å². The van der Waals surface area contributed by atoms with Gasteiger partial charge in [0.05, 0.1) is 24.3 Å². The number of nitrogens with one attached hydrogen (secondary N) is 1. The van der Waals surface area contributed by atoms with Crippen molar-refractivity contribution in [3.05, 3.63) is 59.7 Å². The Balaban J connectivity index is 2.29. The smallest absolute Gasteiger partial charge is 0.330 e. The van der Waals surface area contributed by atoms with E-state index in [1.807, 2.05) is 6.92 Å². The number of benzene rings is 2. The first kappa shape index (κ1) is 21.4. The minimum absolute atomic E-state index is 0.0285. The molecule has 0 unspecified atom stereocenters. The van der Waals surface area contributed by atoms with Crippen LogP contribution in [0.5, 0.6) is 0 Å². The van der Waals surface area contributed by atoms with E-state index in [-0.39, 0.29) is 10.5 Å². The molecule has 0 aliphatic rings. The molecule has 1 atom stereocenters. The lowest BCUT2D eigenvalue weighted by Crippen LogP contribution is -2.44. The highest BCUT2D eigenvalue weighted by Gasteiger charge is 2.24. The van der Waals surface area contributed by atoms with Gasteiger partial charge in [0.25, 0.3) is 15.9 Å². The van der Waals surface area contributed by atoms with Crippen molar-refractivity contribution in [1.29, 1.82) is 0 Å². The molecule has 2 aromatic rings. The molecule has 0 heterocycles. The number of aliphatic hydroxyl groups is 1. The molecule has 0 saturated carbocycles. The molecule has 28 heavy (non-hydrogen) atoms. The van der Waals surface area contributed by atoms with Crippen LogP contribution in [-0.4, -0.2) is 52.2 Å². The molecule has 8 nitrogen and oxygen atoms in total. The summed E-state index contributed by atoms with van der Waals surface area (Å²) in [5.41, 5.74) is 1.50. The quantitative estimate of drug-likeness (QED) is 0.666. The van der Waals surface area contributed by atoms with E-state index in [4.69, 9.17) is 0 Å². The fourth-order valence-electron chi connectivity index (χ4n) is 2.41. The van der Waals surface area contributed by atoms with Gasteiger partial charge < -0.3 is 15.2 Å². The topological polar surface area (TPSA) is 113 Å². The lowest BCUT2D eigenvalue weighted by molar-refractivity contribution is -0.143. The monoisotopic (exact) mass is 406 g/mol. The summed E-state index contributed by atoms with van der Waals surface area (Å²) < 4.78 is 31.4. The van der Waals surface area contributed by atoms with Gasteiger partial charge in [0.15, 0.2) is 6.04 Å². The molecule has 1 amide bonds. The zero-order valence-electron chi connectivity index (χ0n) is 15.7. The molecule has 2 N–H and O–H groups in total. The Morgan fingerprint density at radius 2 is 1.82 bits per heavy atom. The van der Waals surface area contributed by atoms with Crippen molar-refractivity contribution < 1.29 is 27.9 Å². The maximum Gasteiger partial charge on any atom is 0.330 e. The predicted octanol–water partition coefficient (Wildman–Crippen LogP) is 1.08. The van der Waals surface area contributed by atoms with Crippen LogP contribution in [0.2, 0.25) is 0 Å². The van der Waals surface area contributed by atoms with Gasteiger partial charge in [-0.15, -0.1) is 0 Å². The van der Waals surface area contributed by atoms with E-state index in [0.717, 1.165) is 17.0 Å². The predicted molar refractivity (Wildman–Crippen MR) is 104 cm³/mol. The van der Waals surface area contributed by atoms with Gasteiger partial charge in [-0.05, 0) is 37.3 Å². The number of hydrogen-bond donors (Lipinski definition) is 2. The van der Waals surface area contributed by atoms with E-state index in [0.29, 0.717) is 5.69 Å². The number of esters is 1. The van der Waals surface area contributed by atoms with E-state index in [1.165, 1.54) is 31.3 Å². The number of hydrogen-bond acceptors (Lipinski definition) is 6. The molecule has 0 fully saturated rings. The Bertz CT molecular complexity index is 957. The van der Waals surface area contributed by atoms with Crippen molar-refractivity contribution >= 4 is 27.6 Å². The van der Waals surface area contributed by atoms with Crippen molar-refractivity contribution in [3.8, 4) is 0 Å². The molecule has 0 bridgehead atoms. The second-order valence-electron chi connectivity index (χ2n) is 6.07. The molecule has 0 spiro atoms. The first-order valence-electron chi connectivity index (χ1n) is 8.36. The summed E-state index contributed by atoms with van der Waals surface area (Å²) in [5.74, 6) is -1.52. The number of aliphatic hydroxyl groups excluding tert-OH is 1. The van der Waals surface area contributed by atoms with E-state index in [1.54, 1.807) is 24.3 Å². The van der Waals surface area contributed by atoms with Crippen molar-refractivity contribution in [1.82, 2.24) is 5.32 Å². The molecule has 0 aliphatic heterocycles. The Morgan fingerprint density at radius 3 is 2.39 bits per heavy atom. The third kappa shape index (κ3) is 4.68. The van der Waals surface area contributed by atoms with Crippen molar-refractivity contribution in [2.45, 2.75) is 17.9 Å².